The zero-order valence-corrected chi connectivity index (χ0v) is 47.8. The summed E-state index contributed by atoms with van der Waals surface area (Å²) in [5.74, 6) is 2.51. The number of phenolic OH excluding ortho intramolecular Hbond substituents is 1. The van der Waals surface area contributed by atoms with E-state index in [4.69, 9.17) is 15.0 Å². The van der Waals surface area contributed by atoms with Gasteiger partial charge in [-0.05, 0) is 119 Å². The van der Waals surface area contributed by atoms with Gasteiger partial charge in [0.15, 0.2) is 17.4 Å². The fourth-order valence-corrected chi connectivity index (χ4v) is 14.4. The summed E-state index contributed by atoms with van der Waals surface area (Å²) in [5, 5.41) is 37.5. The number of piperazine rings is 2. The molecule has 1 saturated carbocycles. The average molecular weight is 1120 g/mol. The number of carbonyl (C=O) groups excluding carboxylic acids is 2. The number of aromatic nitrogens is 5. The summed E-state index contributed by atoms with van der Waals surface area (Å²) in [7, 11) is 0. The highest BCUT2D eigenvalue weighted by molar-refractivity contribution is 7.13. The number of aliphatic hydroxyl groups excluding tert-OH is 1. The first kappa shape index (κ1) is 54.7. The lowest BCUT2D eigenvalue weighted by molar-refractivity contribution is -0.141. The molecule has 428 valence electrons. The van der Waals surface area contributed by atoms with Crippen LogP contribution in [0.5, 0.6) is 11.6 Å². The third-order valence-corrected chi connectivity index (χ3v) is 19.1. The van der Waals surface area contributed by atoms with Crippen molar-refractivity contribution in [3.05, 3.63) is 102 Å². The predicted molar refractivity (Wildman–Crippen MR) is 313 cm³/mol. The van der Waals surface area contributed by atoms with E-state index in [1.165, 1.54) is 12.8 Å². The van der Waals surface area contributed by atoms with Crippen molar-refractivity contribution in [3.8, 4) is 33.3 Å². The number of aromatic hydroxyl groups is 1. The maximum Gasteiger partial charge on any atom is 0.243 e. The van der Waals surface area contributed by atoms with Gasteiger partial charge in [0.1, 0.15) is 23.8 Å². The number of likely N-dealkylation sites (tertiary alicyclic amines) is 2. The van der Waals surface area contributed by atoms with Crippen LogP contribution < -0.4 is 30.5 Å². The van der Waals surface area contributed by atoms with Crippen molar-refractivity contribution in [1.82, 2.24) is 45.3 Å². The highest BCUT2D eigenvalue weighted by atomic mass is 32.1. The molecule has 19 nitrogen and oxygen atoms in total. The number of rotatable bonds is 17. The molecule has 6 aromatic rings. The molecule has 9 heterocycles. The first-order chi connectivity index (χ1) is 39.3. The Bertz CT molecular complexity index is 3140. The quantitative estimate of drug-likeness (QED) is 0.0700. The van der Waals surface area contributed by atoms with Crippen LogP contribution in [0.4, 0.5) is 23.0 Å². The number of anilines is 4. The molecule has 6 fully saturated rings. The van der Waals surface area contributed by atoms with Crippen molar-refractivity contribution in [2.24, 2.45) is 17.8 Å². The first-order valence-electron chi connectivity index (χ1n) is 29.3. The number of phenols is 1. The van der Waals surface area contributed by atoms with Crippen molar-refractivity contribution in [2.75, 3.05) is 92.4 Å². The van der Waals surface area contributed by atoms with Gasteiger partial charge in [-0.3, -0.25) is 14.5 Å². The summed E-state index contributed by atoms with van der Waals surface area (Å²) in [6.45, 7) is 17.6. The summed E-state index contributed by atoms with van der Waals surface area (Å²) in [6, 6.07) is 22.9. The number of fused-ring (bicyclic) bond motifs is 2. The van der Waals surface area contributed by atoms with Crippen LogP contribution in [0.2, 0.25) is 0 Å². The number of aliphatic hydroxyl groups is 1. The standard InChI is InChI=1S/C61H77N13O6S/c1-37(2)57(61(78)73-35-47(75)28-52(73)60(77)65-38(3)42-9-11-43(12-10-42)58-39(4)64-36-81-58)54-30-55(68-80-54)71-23-21-70(22-24-71)31-40-16-19-69(20-17-40)32-41-25-48(26-41)79-56-27-44(15-18-63-56)74-45-13-14-46(74)34-72(33-45)51-29-50(66-67-59(51)62)49-7-5-6-8-53(49)76/h5-12,15,18,27,29-30,36-38,40-41,45-48,52,57,75-76H,13-14,16-17,19-26,28,31-35H2,1-4H3,(H2,62,67)(H,65,77)/t38-,41-,45?,46?,47+,48-,52-,57-/m0/s1. The van der Waals surface area contributed by atoms with Gasteiger partial charge >= 0.3 is 0 Å². The number of para-hydroxylation sites is 1. The number of nitrogens with one attached hydrogen (secondary N) is 1. The number of amides is 2. The van der Waals surface area contributed by atoms with Crippen LogP contribution in [-0.4, -0.2) is 164 Å². The van der Waals surface area contributed by atoms with E-state index in [-0.39, 0.29) is 48.6 Å². The zero-order chi connectivity index (χ0) is 55.9. The van der Waals surface area contributed by atoms with Gasteiger partial charge in [-0.15, -0.1) is 21.5 Å². The van der Waals surface area contributed by atoms with Crippen LogP contribution in [0.1, 0.15) is 94.7 Å². The van der Waals surface area contributed by atoms with Crippen LogP contribution in [0.25, 0.3) is 21.7 Å². The Balaban J connectivity index is 0.564. The molecule has 12 rings (SSSR count). The number of β-amino-alcohol motifs (C(OH)–C–C–N with tert-alkyl or cyclic N) is 1. The largest absolute Gasteiger partial charge is 0.507 e. The SMILES string of the molecule is Cc1ncsc1-c1ccc([C@H](C)NC(=O)[C@@H]2C[C@@H](O)CN2C(=O)[C@H](c2cc(N3CCN(CC4CCN(C[C@H]5C[C@H](Oc6cc(N7C8CCC7CN(c7cc(-c9ccccc9O)nnc7N)C8)ccn6)C5)CC4)CC3)no2)C(C)C)cc1. The number of thiazole rings is 1. The monoisotopic (exact) mass is 1120 g/mol. The number of piperidine rings is 1. The molecule has 0 spiro atoms. The highest BCUT2D eigenvalue weighted by Gasteiger charge is 2.45. The van der Waals surface area contributed by atoms with Crippen LogP contribution in [-0.2, 0) is 9.59 Å². The minimum Gasteiger partial charge on any atom is -0.507 e. The number of nitrogens with two attached hydrogens (primary N) is 1. The number of hydrogen-bond donors (Lipinski definition) is 4. The van der Waals surface area contributed by atoms with Crippen molar-refractivity contribution >= 4 is 46.2 Å². The minimum absolute atomic E-state index is 0.0872. The Morgan fingerprint density at radius 3 is 2.27 bits per heavy atom. The van der Waals surface area contributed by atoms with Crippen LogP contribution in [0.3, 0.4) is 0 Å². The Hall–Kier alpha value is -6.87. The number of nitrogen functional groups attached to an aromatic ring is 1. The van der Waals surface area contributed by atoms with E-state index in [1.54, 1.807) is 28.4 Å². The molecule has 4 aromatic heterocycles. The smallest absolute Gasteiger partial charge is 0.243 e. The minimum atomic E-state index is -0.800. The second-order valence-corrected chi connectivity index (χ2v) is 24.9. The van der Waals surface area contributed by atoms with Crippen molar-refractivity contribution < 1.29 is 29.1 Å². The van der Waals surface area contributed by atoms with Gasteiger partial charge in [-0.1, -0.05) is 55.4 Å². The molecule has 2 amide bonds. The Labute approximate surface area is 478 Å². The number of hydrogen-bond acceptors (Lipinski definition) is 18. The third kappa shape index (κ3) is 11.8. The molecule has 5 saturated heterocycles. The van der Waals surface area contributed by atoms with Gasteiger partial charge in [0.2, 0.25) is 17.7 Å². The van der Waals surface area contributed by atoms with Crippen LogP contribution >= 0.6 is 11.3 Å². The summed E-state index contributed by atoms with van der Waals surface area (Å²) >= 11 is 1.60. The molecule has 81 heavy (non-hydrogen) atoms. The Morgan fingerprint density at radius 1 is 0.827 bits per heavy atom. The average Bonchev–Trinajstić information content (AvgIpc) is 4.28. The van der Waals surface area contributed by atoms with Gasteiger partial charge in [0.05, 0.1) is 39.6 Å². The summed E-state index contributed by atoms with van der Waals surface area (Å²) < 4.78 is 12.5. The summed E-state index contributed by atoms with van der Waals surface area (Å²) in [5.41, 5.74) is 14.5. The lowest BCUT2D eigenvalue weighted by Crippen LogP contribution is -2.54. The van der Waals surface area contributed by atoms with Crippen molar-refractivity contribution in [2.45, 2.75) is 115 Å². The number of aryl methyl sites for hydroxylation is 1. The molecule has 1 aliphatic carbocycles. The second kappa shape index (κ2) is 23.5. The van der Waals surface area contributed by atoms with E-state index >= 15 is 0 Å². The van der Waals surface area contributed by atoms with Crippen molar-refractivity contribution in [3.63, 3.8) is 0 Å². The molecule has 20 heteroatoms. The number of ether oxygens (including phenoxy) is 1. The Morgan fingerprint density at radius 2 is 1.56 bits per heavy atom. The van der Waals surface area contributed by atoms with Crippen molar-refractivity contribution in [1.29, 1.82) is 0 Å². The van der Waals surface area contributed by atoms with Gasteiger partial charge in [0, 0.05) is 107 Å². The topological polar surface area (TPSA) is 219 Å². The van der Waals surface area contributed by atoms with E-state index in [2.05, 4.69) is 67.3 Å². The van der Waals surface area contributed by atoms with Crippen LogP contribution in [0, 0.1) is 24.7 Å². The molecule has 6 aliphatic rings. The molecule has 0 radical (unpaired) electrons. The number of nitrogens with zero attached hydrogens (tertiary/aromatic N) is 11. The lowest BCUT2D eigenvalue weighted by Gasteiger charge is -2.43. The van der Waals surface area contributed by atoms with Gasteiger partial charge in [0.25, 0.3) is 0 Å². The van der Waals surface area contributed by atoms with E-state index in [0.29, 0.717) is 52.6 Å². The van der Waals surface area contributed by atoms with Gasteiger partial charge in [-0.25, -0.2) is 9.97 Å². The van der Waals surface area contributed by atoms with E-state index in [1.807, 2.05) is 87.9 Å². The number of carbonyl (C=O) groups is 2. The van der Waals surface area contributed by atoms with E-state index < -0.39 is 18.1 Å². The molecule has 5 N–H and O–H groups in total. The van der Waals surface area contributed by atoms with Crippen LogP contribution in [0.15, 0.2) is 89.0 Å². The molecule has 6 atom stereocenters. The Kier molecular flexibility index (Phi) is 15.9. The predicted octanol–water partition coefficient (Wildman–Crippen LogP) is 7.37. The summed E-state index contributed by atoms with van der Waals surface area (Å²) in [6.07, 6.45) is 8.16. The summed E-state index contributed by atoms with van der Waals surface area (Å²) in [4.78, 5) is 52.3. The van der Waals surface area contributed by atoms with E-state index in [0.717, 1.165) is 130 Å². The molecule has 5 aliphatic heterocycles. The zero-order valence-electron chi connectivity index (χ0n) is 47.0. The maximum absolute atomic E-state index is 14.4. The molecular formula is C61H77N13O6S. The highest BCUT2D eigenvalue weighted by Crippen LogP contribution is 2.41. The fourth-order valence-electron chi connectivity index (χ4n) is 13.6. The third-order valence-electron chi connectivity index (χ3n) is 18.1. The van der Waals surface area contributed by atoms with Gasteiger partial charge in [-0.2, -0.15) is 0 Å². The second-order valence-electron chi connectivity index (χ2n) is 24.0. The molecular weight excluding hydrogens is 1040 g/mol. The number of pyridine rings is 1. The fraction of sp³-hybridized carbons (Fsp3) is 0.525. The molecule has 2 bridgehead atoms. The molecule has 2 unspecified atom stereocenters. The maximum atomic E-state index is 14.4. The first-order valence-corrected chi connectivity index (χ1v) is 30.2. The number of benzene rings is 2. The van der Waals surface area contributed by atoms with E-state index in [9.17, 15) is 19.8 Å². The molecule has 2 aromatic carbocycles. The van der Waals surface area contributed by atoms with Gasteiger partial charge < -0.3 is 55.0 Å². The lowest BCUT2D eigenvalue weighted by atomic mass is 9.81. The normalized spacial score (nSPS) is 24.4.